The van der Waals surface area contributed by atoms with E-state index >= 15 is 0 Å². The van der Waals surface area contributed by atoms with Crippen LogP contribution >= 0.6 is 0 Å². The minimum atomic E-state index is -1.86. The molecule has 0 bridgehead atoms. The van der Waals surface area contributed by atoms with Crippen molar-refractivity contribution in [3.63, 3.8) is 0 Å². The molecule has 7 N–H and O–H groups in total. The summed E-state index contributed by atoms with van der Waals surface area (Å²) >= 11 is 0. The molecule has 0 aliphatic carbocycles. The summed E-state index contributed by atoms with van der Waals surface area (Å²) in [4.78, 5) is 10.5. The molecule has 3 atom stereocenters. The fourth-order valence-electron chi connectivity index (χ4n) is 1.07. The number of aliphatic hydroxyl groups is 5. The van der Waals surface area contributed by atoms with Gasteiger partial charge >= 0.3 is 0 Å². The number of para-hydroxylation sites is 2. The third-order valence-corrected chi connectivity index (χ3v) is 2.27. The van der Waals surface area contributed by atoms with Gasteiger partial charge in [0.2, 0.25) is 0 Å². The van der Waals surface area contributed by atoms with E-state index in [1.165, 1.54) is 12.1 Å². The van der Waals surface area contributed by atoms with Gasteiger partial charge in [-0.2, -0.15) is 0 Å². The monoisotopic (exact) mass is 290 g/mol. The number of carbonyl (C=O) groups is 1. The number of phenols is 2. The maximum Gasteiger partial charge on any atom is 0.189 e. The minimum Gasteiger partial charge on any atom is -0.504 e. The van der Waals surface area contributed by atoms with Crippen LogP contribution in [-0.4, -0.2) is 73.1 Å². The van der Waals surface area contributed by atoms with Crippen molar-refractivity contribution in [2.75, 3.05) is 13.2 Å². The third-order valence-electron chi connectivity index (χ3n) is 2.27. The van der Waals surface area contributed by atoms with Gasteiger partial charge in [-0.25, -0.2) is 0 Å². The van der Waals surface area contributed by atoms with E-state index in [2.05, 4.69) is 0 Å². The first-order chi connectivity index (χ1) is 9.34. The molecule has 0 aliphatic heterocycles. The highest BCUT2D eigenvalue weighted by molar-refractivity contribution is 5.84. The van der Waals surface area contributed by atoms with E-state index in [-0.39, 0.29) is 11.5 Å². The van der Waals surface area contributed by atoms with Crippen molar-refractivity contribution in [1.82, 2.24) is 0 Å². The van der Waals surface area contributed by atoms with Crippen LogP contribution in [0.15, 0.2) is 24.3 Å². The molecule has 0 unspecified atom stereocenters. The van der Waals surface area contributed by atoms with Gasteiger partial charge in [-0.3, -0.25) is 4.79 Å². The Morgan fingerprint density at radius 2 is 1.45 bits per heavy atom. The SMILES string of the molecule is O=C(CO)[C@H](O)[C@@H](O)[C@H](O)CO.Oc1ccccc1O. The van der Waals surface area contributed by atoms with Crippen molar-refractivity contribution in [3.05, 3.63) is 24.3 Å². The predicted molar refractivity (Wildman–Crippen MR) is 67.0 cm³/mol. The molecular formula is C12H18O8. The number of benzene rings is 1. The number of hydrogen-bond acceptors (Lipinski definition) is 8. The summed E-state index contributed by atoms with van der Waals surface area (Å²) in [5.41, 5.74) is 0. The summed E-state index contributed by atoms with van der Waals surface area (Å²) in [7, 11) is 0. The Kier molecular flexibility index (Phi) is 8.45. The Morgan fingerprint density at radius 3 is 1.75 bits per heavy atom. The molecular weight excluding hydrogens is 272 g/mol. The van der Waals surface area contributed by atoms with E-state index in [0.29, 0.717) is 0 Å². The zero-order valence-corrected chi connectivity index (χ0v) is 10.5. The molecule has 1 rings (SSSR count). The van der Waals surface area contributed by atoms with Gasteiger partial charge in [0.05, 0.1) is 6.61 Å². The third kappa shape index (κ3) is 5.95. The lowest BCUT2D eigenvalue weighted by Gasteiger charge is -2.19. The lowest BCUT2D eigenvalue weighted by molar-refractivity contribution is -0.142. The van der Waals surface area contributed by atoms with Gasteiger partial charge in [0, 0.05) is 0 Å². The Balaban J connectivity index is 0.000000388. The molecule has 0 radical (unpaired) electrons. The number of ketones is 1. The van der Waals surface area contributed by atoms with Gasteiger partial charge < -0.3 is 35.7 Å². The highest BCUT2D eigenvalue weighted by atomic mass is 16.4. The van der Waals surface area contributed by atoms with Crippen molar-refractivity contribution in [2.45, 2.75) is 18.3 Å². The molecule has 1 aromatic rings. The quantitative estimate of drug-likeness (QED) is 0.299. The highest BCUT2D eigenvalue weighted by Crippen LogP contribution is 2.21. The number of aromatic hydroxyl groups is 2. The summed E-state index contributed by atoms with van der Waals surface area (Å²) < 4.78 is 0. The highest BCUT2D eigenvalue weighted by Gasteiger charge is 2.28. The van der Waals surface area contributed by atoms with E-state index in [1.807, 2.05) is 0 Å². The molecule has 0 saturated heterocycles. The summed E-state index contributed by atoms with van der Waals surface area (Å²) in [6.07, 6.45) is -5.22. The summed E-state index contributed by atoms with van der Waals surface area (Å²) in [5.74, 6) is -1.16. The van der Waals surface area contributed by atoms with E-state index in [1.54, 1.807) is 12.1 Å². The molecule has 0 fully saturated rings. The lowest BCUT2D eigenvalue weighted by Crippen LogP contribution is -2.44. The van der Waals surface area contributed by atoms with Gasteiger partial charge in [0.25, 0.3) is 0 Å². The van der Waals surface area contributed by atoms with Crippen LogP contribution in [0.25, 0.3) is 0 Å². The molecule has 0 amide bonds. The molecule has 20 heavy (non-hydrogen) atoms. The van der Waals surface area contributed by atoms with Crippen LogP contribution in [0.2, 0.25) is 0 Å². The van der Waals surface area contributed by atoms with Crippen LogP contribution in [0.3, 0.4) is 0 Å². The van der Waals surface area contributed by atoms with Crippen LogP contribution in [-0.2, 0) is 4.79 Å². The second-order valence-electron chi connectivity index (χ2n) is 3.80. The van der Waals surface area contributed by atoms with Gasteiger partial charge in [-0.15, -0.1) is 0 Å². The molecule has 0 heterocycles. The average Bonchev–Trinajstić information content (AvgIpc) is 2.47. The van der Waals surface area contributed by atoms with Crippen molar-refractivity contribution in [1.29, 1.82) is 0 Å². The minimum absolute atomic E-state index is 0.0764. The molecule has 1 aromatic carbocycles. The number of Topliss-reactive ketones (excluding diaryl/α,β-unsaturated/α-hetero) is 1. The Labute approximate surface area is 114 Å². The standard InChI is InChI=1S/C6H12O6.C6H6O2/c7-1-3(9)5(11)6(12)4(10)2-8;7-5-3-1-2-4-6(5)8/h3,5-9,11-12H,1-2H2;1-4,7-8H/t3-,5+,6+;/m1./s1. The van der Waals surface area contributed by atoms with Gasteiger partial charge in [0.1, 0.15) is 24.9 Å². The van der Waals surface area contributed by atoms with Crippen molar-refractivity contribution in [2.24, 2.45) is 0 Å². The largest absolute Gasteiger partial charge is 0.504 e. The fourth-order valence-corrected chi connectivity index (χ4v) is 1.07. The zero-order valence-electron chi connectivity index (χ0n) is 10.5. The topological polar surface area (TPSA) is 159 Å². The normalized spacial score (nSPS) is 14.7. The molecule has 8 heteroatoms. The Hall–Kier alpha value is -1.71. The summed E-state index contributed by atoms with van der Waals surface area (Å²) in [6.45, 7) is -1.69. The number of phenolic OH excluding ortho intramolecular Hbond substituents is 2. The summed E-state index contributed by atoms with van der Waals surface area (Å²) in [6, 6.07) is 6.15. The number of rotatable bonds is 5. The molecule has 114 valence electrons. The van der Waals surface area contributed by atoms with Crippen molar-refractivity contribution < 1.29 is 40.5 Å². The van der Waals surface area contributed by atoms with E-state index < -0.39 is 37.3 Å². The molecule has 0 aliphatic rings. The molecule has 8 nitrogen and oxygen atoms in total. The second-order valence-corrected chi connectivity index (χ2v) is 3.80. The van der Waals surface area contributed by atoms with Crippen LogP contribution in [0, 0.1) is 0 Å². The smallest absolute Gasteiger partial charge is 0.189 e. The first kappa shape index (κ1) is 18.3. The number of hydrogen-bond donors (Lipinski definition) is 7. The van der Waals surface area contributed by atoms with E-state index in [4.69, 9.17) is 35.7 Å². The van der Waals surface area contributed by atoms with Crippen LogP contribution < -0.4 is 0 Å². The summed E-state index contributed by atoms with van der Waals surface area (Å²) in [5, 5.41) is 60.4. The maximum absolute atomic E-state index is 10.5. The van der Waals surface area contributed by atoms with Crippen molar-refractivity contribution in [3.8, 4) is 11.5 Å². The number of aliphatic hydroxyl groups excluding tert-OH is 5. The van der Waals surface area contributed by atoms with E-state index in [9.17, 15) is 4.79 Å². The van der Waals surface area contributed by atoms with Gasteiger partial charge in [0.15, 0.2) is 17.3 Å². The molecule has 0 saturated carbocycles. The lowest BCUT2D eigenvalue weighted by atomic mass is 10.1. The molecule has 0 spiro atoms. The van der Waals surface area contributed by atoms with E-state index in [0.717, 1.165) is 0 Å². The van der Waals surface area contributed by atoms with Gasteiger partial charge in [-0.1, -0.05) is 12.1 Å². The zero-order chi connectivity index (χ0) is 15.7. The predicted octanol–water partition coefficient (Wildman–Crippen LogP) is -2.28. The first-order valence-corrected chi connectivity index (χ1v) is 5.60. The number of carbonyl (C=O) groups excluding carboxylic acids is 1. The Bertz CT molecular complexity index is 387. The van der Waals surface area contributed by atoms with Crippen LogP contribution in [0.1, 0.15) is 0 Å². The van der Waals surface area contributed by atoms with Crippen LogP contribution in [0.5, 0.6) is 11.5 Å². The van der Waals surface area contributed by atoms with Crippen molar-refractivity contribution >= 4 is 5.78 Å². The first-order valence-electron chi connectivity index (χ1n) is 5.60. The Morgan fingerprint density at radius 1 is 1.00 bits per heavy atom. The molecule has 0 aromatic heterocycles. The average molecular weight is 290 g/mol. The maximum atomic E-state index is 10.5. The van der Waals surface area contributed by atoms with Gasteiger partial charge in [-0.05, 0) is 12.1 Å². The van der Waals surface area contributed by atoms with Crippen LogP contribution in [0.4, 0.5) is 0 Å². The second kappa shape index (κ2) is 9.23. The fraction of sp³-hybridized carbons (Fsp3) is 0.417.